The number of ether oxygens (including phenoxy) is 2. The summed E-state index contributed by atoms with van der Waals surface area (Å²) in [6, 6.07) is 12.9. The van der Waals surface area contributed by atoms with Crippen LogP contribution in [0, 0.1) is 10.8 Å². The summed E-state index contributed by atoms with van der Waals surface area (Å²) in [5.74, 6) is 1.45. The highest BCUT2D eigenvalue weighted by Crippen LogP contribution is 2.34. The number of para-hydroxylation sites is 2. The second kappa shape index (κ2) is 6.84. The molecular weight excluding hydrogens is 386 g/mol. The maximum Gasteiger partial charge on any atom is 0.218 e. The summed E-state index contributed by atoms with van der Waals surface area (Å²) < 4.78 is 12.1. The van der Waals surface area contributed by atoms with E-state index >= 15 is 0 Å². The van der Waals surface area contributed by atoms with Crippen molar-refractivity contribution in [2.45, 2.75) is 53.6 Å². The van der Waals surface area contributed by atoms with Crippen LogP contribution < -0.4 is 0 Å². The molecule has 2 aliphatic heterocycles. The third kappa shape index (κ3) is 3.40. The Balaban J connectivity index is 1.64. The highest BCUT2D eigenvalue weighted by Gasteiger charge is 2.33. The number of aromatic amines is 1. The predicted molar refractivity (Wildman–Crippen MR) is 127 cm³/mol. The minimum Gasteiger partial charge on any atom is -0.475 e. The Labute approximate surface area is 183 Å². The van der Waals surface area contributed by atoms with E-state index in [1.807, 2.05) is 0 Å². The zero-order valence-electron chi connectivity index (χ0n) is 19.2. The second-order valence-electron chi connectivity index (χ2n) is 10.8. The molecule has 5 rings (SSSR count). The minimum atomic E-state index is 0.0742. The highest BCUT2D eigenvalue weighted by molar-refractivity contribution is 6.19. The lowest BCUT2D eigenvalue weighted by molar-refractivity contribution is 0.235. The van der Waals surface area contributed by atoms with Crippen LogP contribution in [0.1, 0.15) is 52.7 Å². The van der Waals surface area contributed by atoms with E-state index in [0.29, 0.717) is 13.2 Å². The number of hydrogen-bond donors (Lipinski definition) is 1. The Hall–Kier alpha value is -2.82. The molecule has 31 heavy (non-hydrogen) atoms. The fourth-order valence-corrected chi connectivity index (χ4v) is 4.23. The third-order valence-corrected chi connectivity index (χ3v) is 6.43. The number of aromatic nitrogens is 1. The standard InChI is InChI=1S/C26H31N3O2/c1-25(2,3)19-13-30-23(27-19)17-11-7-9-15-16-10-8-12-18(22(16)29-21(15)17)24-28-20(14-31-24)26(4,5)6/h7-12,19-20,29H,13-14H2,1-6H3/t19-,20-/m1/s1. The van der Waals surface area contributed by atoms with Gasteiger partial charge in [-0.2, -0.15) is 0 Å². The van der Waals surface area contributed by atoms with Gasteiger partial charge in [-0.1, -0.05) is 65.8 Å². The number of nitrogens with one attached hydrogen (secondary N) is 1. The number of fused-ring (bicyclic) bond motifs is 3. The molecule has 0 bridgehead atoms. The van der Waals surface area contributed by atoms with Crippen molar-refractivity contribution >= 4 is 33.6 Å². The lowest BCUT2D eigenvalue weighted by Crippen LogP contribution is -2.25. The third-order valence-electron chi connectivity index (χ3n) is 6.43. The van der Waals surface area contributed by atoms with Crippen molar-refractivity contribution in [1.29, 1.82) is 0 Å². The Morgan fingerprint density at radius 3 is 1.48 bits per heavy atom. The minimum absolute atomic E-state index is 0.0742. The molecule has 0 amide bonds. The van der Waals surface area contributed by atoms with Crippen molar-refractivity contribution in [3.05, 3.63) is 47.5 Å². The van der Waals surface area contributed by atoms with Gasteiger partial charge in [-0.15, -0.1) is 0 Å². The lowest BCUT2D eigenvalue weighted by atomic mass is 9.88. The van der Waals surface area contributed by atoms with Crippen molar-refractivity contribution in [3.8, 4) is 0 Å². The molecule has 2 aliphatic rings. The molecule has 2 atom stereocenters. The van der Waals surface area contributed by atoms with Gasteiger partial charge in [-0.3, -0.25) is 0 Å². The molecule has 1 aromatic heterocycles. The second-order valence-corrected chi connectivity index (χ2v) is 10.8. The van der Waals surface area contributed by atoms with Gasteiger partial charge in [0.05, 0.1) is 34.2 Å². The van der Waals surface area contributed by atoms with E-state index < -0.39 is 0 Å². The topological polar surface area (TPSA) is 59.0 Å². The molecule has 1 N–H and O–H groups in total. The van der Waals surface area contributed by atoms with Crippen LogP contribution in [0.5, 0.6) is 0 Å². The zero-order chi connectivity index (χ0) is 22.0. The average Bonchev–Trinajstić information content (AvgIpc) is 3.43. The summed E-state index contributed by atoms with van der Waals surface area (Å²) >= 11 is 0. The molecule has 0 saturated heterocycles. The van der Waals surface area contributed by atoms with Crippen LogP contribution in [0.4, 0.5) is 0 Å². The summed E-state index contributed by atoms with van der Waals surface area (Å²) in [6.45, 7) is 14.5. The summed E-state index contributed by atoms with van der Waals surface area (Å²) in [5, 5.41) is 2.32. The maximum atomic E-state index is 6.05. The first-order valence-corrected chi connectivity index (χ1v) is 11.1. The molecule has 0 saturated carbocycles. The molecule has 0 spiro atoms. The number of H-pyrrole nitrogens is 1. The maximum absolute atomic E-state index is 6.05. The molecule has 5 nitrogen and oxygen atoms in total. The van der Waals surface area contributed by atoms with E-state index in [1.165, 1.54) is 0 Å². The monoisotopic (exact) mass is 417 g/mol. The molecule has 162 valence electrons. The van der Waals surface area contributed by atoms with E-state index in [4.69, 9.17) is 19.5 Å². The number of rotatable bonds is 2. The van der Waals surface area contributed by atoms with Gasteiger partial charge in [-0.05, 0) is 23.0 Å². The first kappa shape index (κ1) is 20.1. The summed E-state index contributed by atoms with van der Waals surface area (Å²) in [6.07, 6.45) is 0. The van der Waals surface area contributed by atoms with Crippen LogP contribution in [0.25, 0.3) is 21.8 Å². The van der Waals surface area contributed by atoms with Gasteiger partial charge in [0.15, 0.2) is 0 Å². The van der Waals surface area contributed by atoms with Gasteiger partial charge in [-0.25, -0.2) is 9.98 Å². The van der Waals surface area contributed by atoms with Crippen LogP contribution in [-0.4, -0.2) is 42.1 Å². The van der Waals surface area contributed by atoms with Gasteiger partial charge in [0.1, 0.15) is 13.2 Å². The first-order valence-electron chi connectivity index (χ1n) is 11.1. The van der Waals surface area contributed by atoms with Crippen LogP contribution in [0.3, 0.4) is 0 Å². The largest absolute Gasteiger partial charge is 0.475 e. The van der Waals surface area contributed by atoms with Crippen LogP contribution >= 0.6 is 0 Å². The van der Waals surface area contributed by atoms with Crippen molar-refractivity contribution < 1.29 is 9.47 Å². The van der Waals surface area contributed by atoms with E-state index in [9.17, 15) is 0 Å². The summed E-state index contributed by atoms with van der Waals surface area (Å²) in [7, 11) is 0. The molecule has 3 heterocycles. The Kier molecular flexibility index (Phi) is 4.44. The van der Waals surface area contributed by atoms with Crippen molar-refractivity contribution in [2.75, 3.05) is 13.2 Å². The number of aliphatic imine (C=N–C) groups is 2. The average molecular weight is 418 g/mol. The molecule has 3 aromatic rings. The Bertz CT molecular complexity index is 1130. The van der Waals surface area contributed by atoms with E-state index in [0.717, 1.165) is 44.7 Å². The smallest absolute Gasteiger partial charge is 0.218 e. The van der Waals surface area contributed by atoms with Gasteiger partial charge >= 0.3 is 0 Å². The molecule has 5 heteroatoms. The van der Waals surface area contributed by atoms with E-state index in [-0.39, 0.29) is 22.9 Å². The van der Waals surface area contributed by atoms with Gasteiger partial charge in [0.2, 0.25) is 11.8 Å². The highest BCUT2D eigenvalue weighted by atomic mass is 16.5. The molecule has 0 radical (unpaired) electrons. The molecule has 0 aliphatic carbocycles. The SMILES string of the molecule is CC(C)(C)[C@H]1COC(c2cccc3c2[nH]c2c(C4=N[C@@H](C(C)(C)C)CO4)cccc23)=N1. The number of hydrogen-bond acceptors (Lipinski definition) is 4. The van der Waals surface area contributed by atoms with Crippen LogP contribution in [0.15, 0.2) is 46.4 Å². The van der Waals surface area contributed by atoms with Gasteiger partial charge in [0, 0.05) is 10.8 Å². The van der Waals surface area contributed by atoms with Crippen molar-refractivity contribution in [1.82, 2.24) is 4.98 Å². The summed E-state index contributed by atoms with van der Waals surface area (Å²) in [4.78, 5) is 13.5. The predicted octanol–water partition coefficient (Wildman–Crippen LogP) is 5.70. The number of benzene rings is 2. The van der Waals surface area contributed by atoms with Crippen LogP contribution in [0.2, 0.25) is 0 Å². The van der Waals surface area contributed by atoms with Crippen molar-refractivity contribution in [3.63, 3.8) is 0 Å². The quantitative estimate of drug-likeness (QED) is 0.581. The fraction of sp³-hybridized carbons (Fsp3) is 0.462. The normalized spacial score (nSPS) is 21.9. The van der Waals surface area contributed by atoms with Crippen molar-refractivity contribution in [2.24, 2.45) is 20.8 Å². The zero-order valence-corrected chi connectivity index (χ0v) is 19.2. The van der Waals surface area contributed by atoms with Gasteiger partial charge in [0.25, 0.3) is 0 Å². The lowest BCUT2D eigenvalue weighted by Gasteiger charge is -2.21. The number of nitrogens with zero attached hydrogens (tertiary/aromatic N) is 2. The van der Waals surface area contributed by atoms with E-state index in [1.54, 1.807) is 0 Å². The molecule has 2 aromatic carbocycles. The molecule has 0 unspecified atom stereocenters. The molecule has 0 fully saturated rings. The Morgan fingerprint density at radius 1 is 0.710 bits per heavy atom. The van der Waals surface area contributed by atoms with Gasteiger partial charge < -0.3 is 14.5 Å². The summed E-state index contributed by atoms with van der Waals surface area (Å²) in [5.41, 5.74) is 4.25. The van der Waals surface area contributed by atoms with E-state index in [2.05, 4.69) is 82.9 Å². The first-order chi connectivity index (χ1) is 14.6. The fourth-order valence-electron chi connectivity index (χ4n) is 4.23. The Morgan fingerprint density at radius 2 is 1.13 bits per heavy atom. The van der Waals surface area contributed by atoms with Crippen LogP contribution in [-0.2, 0) is 9.47 Å². The molecular formula is C26H31N3O2.